The predicted molar refractivity (Wildman–Crippen MR) is 93.4 cm³/mol. The zero-order valence-corrected chi connectivity index (χ0v) is 14.9. The molecule has 4 unspecified atom stereocenters. The van der Waals surface area contributed by atoms with E-state index in [1.54, 1.807) is 4.90 Å². The summed E-state index contributed by atoms with van der Waals surface area (Å²) in [5, 5.41) is 3.22. The molecule has 1 aromatic rings. The first-order valence-electron chi connectivity index (χ1n) is 9.65. The summed E-state index contributed by atoms with van der Waals surface area (Å²) in [6.07, 6.45) is 7.46. The van der Waals surface area contributed by atoms with Gasteiger partial charge in [0.05, 0.1) is 12.6 Å². The third-order valence-corrected chi connectivity index (χ3v) is 5.76. The third-order valence-electron chi connectivity index (χ3n) is 5.76. The summed E-state index contributed by atoms with van der Waals surface area (Å²) in [4.78, 5) is 18.5. The average molecular weight is 363 g/mol. The summed E-state index contributed by atoms with van der Waals surface area (Å²) < 4.78 is 25.2. The number of urea groups is 1. The lowest BCUT2D eigenvalue weighted by atomic mass is 9.82. The number of rotatable bonds is 3. The van der Waals surface area contributed by atoms with Gasteiger partial charge in [-0.05, 0) is 50.7 Å². The molecule has 2 amide bonds. The fourth-order valence-electron chi connectivity index (χ4n) is 4.44. The molecule has 0 bridgehead atoms. The van der Waals surface area contributed by atoms with Gasteiger partial charge in [-0.3, -0.25) is 0 Å². The van der Waals surface area contributed by atoms with Crippen LogP contribution in [0.1, 0.15) is 38.5 Å². The third kappa shape index (κ3) is 3.77. The minimum Gasteiger partial charge on any atom is -0.470 e. The van der Waals surface area contributed by atoms with Crippen molar-refractivity contribution < 1.29 is 18.7 Å². The molecule has 2 aliphatic heterocycles. The lowest BCUT2D eigenvalue weighted by Crippen LogP contribution is -2.54. The Morgan fingerprint density at radius 1 is 1.31 bits per heavy atom. The summed E-state index contributed by atoms with van der Waals surface area (Å²) in [6.45, 7) is 1.96. The summed E-state index contributed by atoms with van der Waals surface area (Å²) >= 11 is 0. The van der Waals surface area contributed by atoms with Crippen molar-refractivity contribution in [3.05, 3.63) is 24.1 Å². The number of halogens is 1. The van der Waals surface area contributed by atoms with Crippen molar-refractivity contribution in [2.45, 2.75) is 56.8 Å². The van der Waals surface area contributed by atoms with Crippen molar-refractivity contribution in [1.82, 2.24) is 15.2 Å². The first kappa shape index (κ1) is 17.5. The van der Waals surface area contributed by atoms with Crippen LogP contribution in [-0.4, -0.2) is 53.9 Å². The molecule has 4 rings (SSSR count). The molecule has 3 fully saturated rings. The van der Waals surface area contributed by atoms with E-state index >= 15 is 0 Å². The molecule has 4 atom stereocenters. The highest BCUT2D eigenvalue weighted by Gasteiger charge is 2.39. The molecule has 6 nitrogen and oxygen atoms in total. The van der Waals surface area contributed by atoms with Gasteiger partial charge in [-0.15, -0.1) is 0 Å². The van der Waals surface area contributed by atoms with Crippen LogP contribution in [0.15, 0.2) is 18.3 Å². The second-order valence-electron chi connectivity index (χ2n) is 7.47. The van der Waals surface area contributed by atoms with Crippen molar-refractivity contribution in [3.8, 4) is 5.88 Å². The number of likely N-dealkylation sites (tertiary alicyclic amines) is 1. The van der Waals surface area contributed by atoms with Crippen LogP contribution >= 0.6 is 0 Å². The van der Waals surface area contributed by atoms with Crippen LogP contribution in [-0.2, 0) is 4.74 Å². The van der Waals surface area contributed by atoms with Gasteiger partial charge in [0.1, 0.15) is 6.10 Å². The predicted octanol–water partition coefficient (Wildman–Crippen LogP) is 2.73. The molecular weight excluding hydrogens is 337 g/mol. The van der Waals surface area contributed by atoms with E-state index in [9.17, 15) is 9.18 Å². The van der Waals surface area contributed by atoms with E-state index in [1.165, 1.54) is 18.3 Å². The van der Waals surface area contributed by atoms with Gasteiger partial charge in [-0.2, -0.15) is 0 Å². The fourth-order valence-corrected chi connectivity index (χ4v) is 4.44. The Balaban J connectivity index is 1.33. The quantitative estimate of drug-likeness (QED) is 0.897. The Morgan fingerprint density at radius 3 is 3.12 bits per heavy atom. The molecule has 1 aromatic heterocycles. The maximum atomic E-state index is 13.7. The topological polar surface area (TPSA) is 63.7 Å². The monoisotopic (exact) mass is 363 g/mol. The average Bonchev–Trinajstić information content (AvgIpc) is 3.14. The van der Waals surface area contributed by atoms with Crippen molar-refractivity contribution in [2.24, 2.45) is 5.92 Å². The minimum atomic E-state index is -0.469. The highest BCUT2D eigenvalue weighted by atomic mass is 19.1. The number of nitrogens with zero attached hydrogens (tertiary/aromatic N) is 2. The van der Waals surface area contributed by atoms with Crippen molar-refractivity contribution in [2.75, 3.05) is 19.7 Å². The first-order valence-corrected chi connectivity index (χ1v) is 9.65. The van der Waals surface area contributed by atoms with Gasteiger partial charge >= 0.3 is 6.03 Å². The number of carbonyl (C=O) groups excluding carboxylic acids is 1. The van der Waals surface area contributed by atoms with Gasteiger partial charge in [-0.25, -0.2) is 14.2 Å². The Kier molecular flexibility index (Phi) is 5.24. The van der Waals surface area contributed by atoms with E-state index in [0.717, 1.165) is 45.1 Å². The fraction of sp³-hybridized carbons (Fsp3) is 0.684. The maximum Gasteiger partial charge on any atom is 0.317 e. The molecular formula is C19H26FN3O3. The minimum absolute atomic E-state index is 0.0120. The van der Waals surface area contributed by atoms with Gasteiger partial charge in [0.2, 0.25) is 0 Å². The molecule has 1 saturated carbocycles. The number of amides is 2. The van der Waals surface area contributed by atoms with Gasteiger partial charge in [0.25, 0.3) is 5.88 Å². The van der Waals surface area contributed by atoms with Gasteiger partial charge in [0, 0.05) is 31.3 Å². The summed E-state index contributed by atoms with van der Waals surface area (Å²) in [7, 11) is 0. The van der Waals surface area contributed by atoms with E-state index in [0.29, 0.717) is 25.1 Å². The smallest absolute Gasteiger partial charge is 0.317 e. The normalized spacial score (nSPS) is 31.3. The van der Waals surface area contributed by atoms with Crippen molar-refractivity contribution in [3.63, 3.8) is 0 Å². The molecule has 1 aliphatic carbocycles. The molecule has 0 spiro atoms. The number of hydrogen-bond donors (Lipinski definition) is 1. The number of carbonyl (C=O) groups is 1. The summed E-state index contributed by atoms with van der Waals surface area (Å²) in [5.41, 5.74) is 0. The van der Waals surface area contributed by atoms with E-state index in [1.807, 2.05) is 0 Å². The van der Waals surface area contributed by atoms with Crippen LogP contribution in [0.2, 0.25) is 0 Å². The van der Waals surface area contributed by atoms with Gasteiger partial charge in [0.15, 0.2) is 5.82 Å². The number of piperidine rings is 1. The lowest BCUT2D eigenvalue weighted by Gasteiger charge is -2.37. The molecule has 26 heavy (non-hydrogen) atoms. The number of ether oxygens (including phenoxy) is 2. The summed E-state index contributed by atoms with van der Waals surface area (Å²) in [6, 6.07) is 3.02. The van der Waals surface area contributed by atoms with Crippen LogP contribution in [0.3, 0.4) is 0 Å². The number of pyridine rings is 1. The molecule has 0 radical (unpaired) electrons. The van der Waals surface area contributed by atoms with Crippen LogP contribution in [0.25, 0.3) is 0 Å². The number of aromatic nitrogens is 1. The van der Waals surface area contributed by atoms with E-state index < -0.39 is 5.82 Å². The highest BCUT2D eigenvalue weighted by molar-refractivity contribution is 5.74. The zero-order valence-electron chi connectivity index (χ0n) is 14.9. The van der Waals surface area contributed by atoms with Gasteiger partial charge < -0.3 is 19.7 Å². The zero-order chi connectivity index (χ0) is 17.9. The Hall–Kier alpha value is -1.89. The number of fused-ring (bicyclic) bond motifs is 1. The summed E-state index contributed by atoms with van der Waals surface area (Å²) in [5.74, 6) is -0.0197. The molecule has 0 aromatic carbocycles. The molecule has 2 saturated heterocycles. The first-order chi connectivity index (χ1) is 12.7. The second kappa shape index (κ2) is 7.78. The molecule has 3 heterocycles. The van der Waals surface area contributed by atoms with Crippen molar-refractivity contribution in [1.29, 1.82) is 0 Å². The van der Waals surface area contributed by atoms with Crippen molar-refractivity contribution >= 4 is 6.03 Å². The Morgan fingerprint density at radius 2 is 2.23 bits per heavy atom. The van der Waals surface area contributed by atoms with Crippen LogP contribution < -0.4 is 10.1 Å². The van der Waals surface area contributed by atoms with Gasteiger partial charge in [-0.1, -0.05) is 0 Å². The Bertz CT molecular complexity index is 644. The van der Waals surface area contributed by atoms with E-state index in [-0.39, 0.29) is 24.1 Å². The highest BCUT2D eigenvalue weighted by Crippen LogP contribution is 2.34. The number of hydrogen-bond acceptors (Lipinski definition) is 4. The Labute approximate surface area is 153 Å². The van der Waals surface area contributed by atoms with Crippen LogP contribution in [0, 0.1) is 11.7 Å². The van der Waals surface area contributed by atoms with E-state index in [4.69, 9.17) is 9.47 Å². The largest absolute Gasteiger partial charge is 0.470 e. The molecule has 7 heteroatoms. The molecule has 3 aliphatic rings. The lowest BCUT2D eigenvalue weighted by molar-refractivity contribution is 0.0515. The maximum absolute atomic E-state index is 13.7. The van der Waals surface area contributed by atoms with E-state index in [2.05, 4.69) is 10.3 Å². The SMILES string of the molecule is O=C(NC1CCCC2OCCC12)N1CCCC(Oc2ncccc2F)C1. The number of nitrogens with one attached hydrogen (secondary N) is 1. The molecule has 1 N–H and O–H groups in total. The second-order valence-corrected chi connectivity index (χ2v) is 7.47. The van der Waals surface area contributed by atoms with Crippen LogP contribution in [0.5, 0.6) is 5.88 Å². The van der Waals surface area contributed by atoms with Crippen LogP contribution in [0.4, 0.5) is 9.18 Å². The standard InChI is InChI=1S/C19H26FN3O3/c20-15-5-2-9-21-18(15)26-13-4-3-10-23(12-13)19(24)22-16-6-1-7-17-14(16)8-11-25-17/h2,5,9,13-14,16-17H,1,3-4,6-8,10-12H2,(H,22,24). The molecule has 142 valence electrons.